The monoisotopic (exact) mass is 265 g/mol. The summed E-state index contributed by atoms with van der Waals surface area (Å²) in [6.07, 6.45) is 3.16. The molecule has 106 valence electrons. The Bertz CT molecular complexity index is 442. The summed E-state index contributed by atoms with van der Waals surface area (Å²) in [4.78, 5) is 14.3. The molecule has 5 heteroatoms. The van der Waals surface area contributed by atoms with Crippen LogP contribution >= 0.6 is 0 Å². The lowest BCUT2D eigenvalue weighted by atomic mass is 9.89. The van der Waals surface area contributed by atoms with Crippen molar-refractivity contribution in [1.82, 2.24) is 15.4 Å². The summed E-state index contributed by atoms with van der Waals surface area (Å²) in [6.45, 7) is 7.26. The molecule has 2 heterocycles. The number of hydrogen-bond donors (Lipinski definition) is 1. The Hall–Kier alpha value is -1.36. The molecule has 0 unspecified atom stereocenters. The van der Waals surface area contributed by atoms with Crippen LogP contribution in [0.5, 0.6) is 0 Å². The average Bonchev–Trinajstić information content (AvgIpc) is 2.70. The molecule has 0 radical (unpaired) electrons. The van der Waals surface area contributed by atoms with Gasteiger partial charge in [0.2, 0.25) is 5.91 Å². The lowest BCUT2D eigenvalue weighted by Crippen LogP contribution is -2.57. The zero-order chi connectivity index (χ0) is 14.0. The van der Waals surface area contributed by atoms with Crippen molar-refractivity contribution < 1.29 is 9.32 Å². The van der Waals surface area contributed by atoms with Crippen LogP contribution in [0.2, 0.25) is 0 Å². The van der Waals surface area contributed by atoms with Gasteiger partial charge in [0, 0.05) is 12.6 Å². The van der Waals surface area contributed by atoms with E-state index in [1.165, 1.54) is 0 Å². The Morgan fingerprint density at radius 2 is 2.21 bits per heavy atom. The van der Waals surface area contributed by atoms with Crippen molar-refractivity contribution in [2.45, 2.75) is 52.1 Å². The molecule has 1 aliphatic rings. The van der Waals surface area contributed by atoms with Gasteiger partial charge < -0.3 is 14.7 Å². The summed E-state index contributed by atoms with van der Waals surface area (Å²) in [7, 11) is 1.84. The maximum absolute atomic E-state index is 12.6. The fraction of sp³-hybridized carbons (Fsp3) is 0.714. The Kier molecular flexibility index (Phi) is 3.94. The molecule has 0 saturated carbocycles. The van der Waals surface area contributed by atoms with Crippen molar-refractivity contribution in [3.8, 4) is 0 Å². The molecule has 0 bridgehead atoms. The molecule has 1 aromatic heterocycles. The highest BCUT2D eigenvalue weighted by atomic mass is 16.5. The Morgan fingerprint density at radius 3 is 2.74 bits per heavy atom. The lowest BCUT2D eigenvalue weighted by molar-refractivity contribution is -0.137. The Morgan fingerprint density at radius 1 is 1.47 bits per heavy atom. The molecule has 1 saturated heterocycles. The van der Waals surface area contributed by atoms with Crippen LogP contribution in [0.4, 0.5) is 0 Å². The van der Waals surface area contributed by atoms with E-state index in [9.17, 15) is 4.79 Å². The van der Waals surface area contributed by atoms with Crippen molar-refractivity contribution >= 4 is 5.91 Å². The number of carbonyl (C=O) groups excluding carboxylic acids is 1. The van der Waals surface area contributed by atoms with Crippen LogP contribution in [-0.4, -0.2) is 35.1 Å². The van der Waals surface area contributed by atoms with Gasteiger partial charge in [-0.05, 0) is 46.6 Å². The van der Waals surface area contributed by atoms with Crippen molar-refractivity contribution in [3.05, 3.63) is 17.0 Å². The van der Waals surface area contributed by atoms with Crippen LogP contribution in [0.25, 0.3) is 0 Å². The molecule has 1 fully saturated rings. The minimum atomic E-state index is -0.425. The SMILES string of the molecule is Cc1noc(C)c1CN(C)C(=O)[C@@]1(C)CCCCN1. The maximum atomic E-state index is 12.6. The molecular weight excluding hydrogens is 242 g/mol. The van der Waals surface area contributed by atoms with Crippen molar-refractivity contribution in [1.29, 1.82) is 0 Å². The maximum Gasteiger partial charge on any atom is 0.242 e. The smallest absolute Gasteiger partial charge is 0.242 e. The topological polar surface area (TPSA) is 58.4 Å². The number of hydrogen-bond acceptors (Lipinski definition) is 4. The molecule has 19 heavy (non-hydrogen) atoms. The number of piperidine rings is 1. The van der Waals surface area contributed by atoms with Gasteiger partial charge in [-0.3, -0.25) is 4.79 Å². The number of rotatable bonds is 3. The van der Waals surface area contributed by atoms with Crippen molar-refractivity contribution in [2.24, 2.45) is 0 Å². The molecule has 0 aromatic carbocycles. The van der Waals surface area contributed by atoms with Gasteiger partial charge in [0.15, 0.2) is 0 Å². The van der Waals surface area contributed by atoms with Gasteiger partial charge >= 0.3 is 0 Å². The van der Waals surface area contributed by atoms with Gasteiger partial charge in [-0.25, -0.2) is 0 Å². The zero-order valence-corrected chi connectivity index (χ0v) is 12.2. The summed E-state index contributed by atoms with van der Waals surface area (Å²) >= 11 is 0. The normalized spacial score (nSPS) is 23.4. The predicted molar refractivity (Wildman–Crippen MR) is 72.7 cm³/mol. The second-order valence-corrected chi connectivity index (χ2v) is 5.68. The van der Waals surface area contributed by atoms with E-state index in [1.54, 1.807) is 4.90 Å². The van der Waals surface area contributed by atoms with Gasteiger partial charge in [0.05, 0.1) is 17.8 Å². The highest BCUT2D eigenvalue weighted by Crippen LogP contribution is 2.22. The molecule has 1 aliphatic heterocycles. The number of likely N-dealkylation sites (N-methyl/N-ethyl adjacent to an activating group) is 1. The molecule has 1 aromatic rings. The van der Waals surface area contributed by atoms with E-state index in [1.807, 2.05) is 27.8 Å². The largest absolute Gasteiger partial charge is 0.361 e. The van der Waals surface area contributed by atoms with Crippen molar-refractivity contribution in [2.75, 3.05) is 13.6 Å². The number of nitrogens with one attached hydrogen (secondary N) is 1. The second kappa shape index (κ2) is 5.33. The number of nitrogens with zero attached hydrogens (tertiary/aromatic N) is 2. The van der Waals surface area contributed by atoms with Crippen molar-refractivity contribution in [3.63, 3.8) is 0 Å². The third-order valence-electron chi connectivity index (χ3n) is 4.01. The summed E-state index contributed by atoms with van der Waals surface area (Å²) in [5.74, 6) is 0.936. The van der Waals surface area contributed by atoms with Crippen LogP contribution in [-0.2, 0) is 11.3 Å². The third-order valence-corrected chi connectivity index (χ3v) is 4.01. The van der Waals surface area contributed by atoms with Gasteiger partial charge in [-0.15, -0.1) is 0 Å². The molecular formula is C14H23N3O2. The van der Waals surface area contributed by atoms with Gasteiger partial charge in [0.25, 0.3) is 0 Å². The highest BCUT2D eigenvalue weighted by molar-refractivity contribution is 5.85. The summed E-state index contributed by atoms with van der Waals surface area (Å²) < 4.78 is 5.14. The first-order valence-electron chi connectivity index (χ1n) is 6.86. The van der Waals surface area contributed by atoms with Crippen LogP contribution in [0.3, 0.4) is 0 Å². The summed E-state index contributed by atoms with van der Waals surface area (Å²) in [5.41, 5.74) is 1.44. The molecule has 0 spiro atoms. The van der Waals surface area contributed by atoms with E-state index < -0.39 is 5.54 Å². The molecule has 5 nitrogen and oxygen atoms in total. The van der Waals surface area contributed by atoms with Gasteiger partial charge in [0.1, 0.15) is 5.76 Å². The predicted octanol–water partition coefficient (Wildman–Crippen LogP) is 1.78. The van der Waals surface area contributed by atoms with Crippen LogP contribution in [0.1, 0.15) is 43.2 Å². The van der Waals surface area contributed by atoms with E-state index in [0.29, 0.717) is 6.54 Å². The molecule has 1 N–H and O–H groups in total. The van der Waals surface area contributed by atoms with Crippen LogP contribution < -0.4 is 5.32 Å². The zero-order valence-electron chi connectivity index (χ0n) is 12.2. The van der Waals surface area contributed by atoms with E-state index >= 15 is 0 Å². The van der Waals surface area contributed by atoms with E-state index in [0.717, 1.165) is 42.8 Å². The third kappa shape index (κ3) is 2.81. The number of carbonyl (C=O) groups is 1. The fourth-order valence-corrected chi connectivity index (χ4v) is 2.70. The van der Waals surface area contributed by atoms with E-state index in [-0.39, 0.29) is 5.91 Å². The fourth-order valence-electron chi connectivity index (χ4n) is 2.70. The first kappa shape index (κ1) is 14.1. The molecule has 0 aliphatic carbocycles. The standard InChI is InChI=1S/C14H23N3O2/c1-10-12(11(2)19-16-10)9-17(4)13(18)14(3)7-5-6-8-15-14/h15H,5-9H2,1-4H3/t14-/m1/s1. The quantitative estimate of drug-likeness (QED) is 0.905. The van der Waals surface area contributed by atoms with Crippen LogP contribution in [0.15, 0.2) is 4.52 Å². The first-order valence-corrected chi connectivity index (χ1v) is 6.86. The Balaban J connectivity index is 2.07. The minimum absolute atomic E-state index is 0.146. The summed E-state index contributed by atoms with van der Waals surface area (Å²) in [5, 5.41) is 7.28. The number of amides is 1. The average molecular weight is 265 g/mol. The molecule has 1 atom stereocenters. The van der Waals surface area contributed by atoms with Crippen LogP contribution in [0, 0.1) is 13.8 Å². The summed E-state index contributed by atoms with van der Waals surface area (Å²) in [6, 6.07) is 0. The number of aryl methyl sites for hydroxylation is 2. The van der Waals surface area contributed by atoms with E-state index in [4.69, 9.17) is 4.52 Å². The number of aromatic nitrogens is 1. The minimum Gasteiger partial charge on any atom is -0.361 e. The Labute approximate surface area is 114 Å². The molecule has 2 rings (SSSR count). The van der Waals surface area contributed by atoms with Gasteiger partial charge in [-0.1, -0.05) is 5.16 Å². The lowest BCUT2D eigenvalue weighted by Gasteiger charge is -2.36. The molecule has 1 amide bonds. The van der Waals surface area contributed by atoms with Gasteiger partial charge in [-0.2, -0.15) is 0 Å². The second-order valence-electron chi connectivity index (χ2n) is 5.68. The first-order chi connectivity index (χ1) is 8.94. The highest BCUT2D eigenvalue weighted by Gasteiger charge is 2.36. The van der Waals surface area contributed by atoms with E-state index in [2.05, 4.69) is 10.5 Å².